The van der Waals surface area contributed by atoms with Gasteiger partial charge in [-0.3, -0.25) is 0 Å². The molecule has 0 N–H and O–H groups in total. The first kappa shape index (κ1) is 8.65. The molecule has 1 fully saturated rings. The molecule has 1 rings (SSSR count). The standard InChI is InChI=1S/C11H17/c1-4-11(2,3)10-8-6-5-7-9-10/h1H,5-9H2,2-3H3. The molecule has 0 aromatic carbocycles. The Hall–Kier alpha value is -0.440. The van der Waals surface area contributed by atoms with Crippen molar-refractivity contribution in [3.63, 3.8) is 0 Å². The van der Waals surface area contributed by atoms with Gasteiger partial charge in [0.2, 0.25) is 0 Å². The largest absolute Gasteiger partial charge is 0.120 e. The Kier molecular flexibility index (Phi) is 2.60. The highest BCUT2D eigenvalue weighted by Gasteiger charge is 2.28. The van der Waals surface area contributed by atoms with Gasteiger partial charge in [-0.05, 0) is 32.6 Å². The molecule has 1 radical (unpaired) electrons. The molecule has 0 unspecified atom stereocenters. The van der Waals surface area contributed by atoms with E-state index in [9.17, 15) is 0 Å². The summed E-state index contributed by atoms with van der Waals surface area (Å²) in [4.78, 5) is 0. The first-order valence-electron chi connectivity index (χ1n) is 4.50. The van der Waals surface area contributed by atoms with Crippen LogP contribution >= 0.6 is 0 Å². The van der Waals surface area contributed by atoms with E-state index in [2.05, 4.69) is 19.8 Å². The highest BCUT2D eigenvalue weighted by atomic mass is 14.3. The first-order chi connectivity index (χ1) is 5.17. The summed E-state index contributed by atoms with van der Waals surface area (Å²) in [6, 6.07) is 0. The SMILES string of the molecule is C#CC(C)(C)[C]1CCCCC1. The molecule has 1 aliphatic carbocycles. The van der Waals surface area contributed by atoms with E-state index in [4.69, 9.17) is 6.42 Å². The Bertz CT molecular complexity index is 153. The third-order valence-corrected chi connectivity index (χ3v) is 2.70. The lowest BCUT2D eigenvalue weighted by molar-refractivity contribution is 0.394. The summed E-state index contributed by atoms with van der Waals surface area (Å²) in [6.07, 6.45) is 12.1. The molecular weight excluding hydrogens is 132 g/mol. The van der Waals surface area contributed by atoms with Gasteiger partial charge in [0.1, 0.15) is 0 Å². The normalized spacial score (nSPS) is 21.2. The zero-order valence-corrected chi connectivity index (χ0v) is 7.61. The molecule has 0 heteroatoms. The summed E-state index contributed by atoms with van der Waals surface area (Å²) >= 11 is 0. The zero-order chi connectivity index (χ0) is 8.32. The third-order valence-electron chi connectivity index (χ3n) is 2.70. The van der Waals surface area contributed by atoms with E-state index >= 15 is 0 Å². The molecule has 0 saturated heterocycles. The molecule has 61 valence electrons. The second-order valence-electron chi connectivity index (χ2n) is 3.93. The maximum absolute atomic E-state index is 5.47. The van der Waals surface area contributed by atoms with Crippen molar-refractivity contribution in [2.75, 3.05) is 0 Å². The maximum atomic E-state index is 5.47. The topological polar surface area (TPSA) is 0 Å². The number of hydrogen-bond acceptors (Lipinski definition) is 0. The molecular formula is C11H17. The van der Waals surface area contributed by atoms with Gasteiger partial charge in [0.15, 0.2) is 0 Å². The summed E-state index contributed by atoms with van der Waals surface area (Å²) in [5.41, 5.74) is 0.0560. The molecule has 11 heavy (non-hydrogen) atoms. The van der Waals surface area contributed by atoms with Crippen molar-refractivity contribution >= 4 is 0 Å². The second kappa shape index (κ2) is 3.30. The highest BCUT2D eigenvalue weighted by molar-refractivity contribution is 5.17. The fourth-order valence-corrected chi connectivity index (χ4v) is 1.71. The van der Waals surface area contributed by atoms with E-state index in [1.165, 1.54) is 32.1 Å². The van der Waals surface area contributed by atoms with Gasteiger partial charge in [-0.1, -0.05) is 25.2 Å². The van der Waals surface area contributed by atoms with Crippen molar-refractivity contribution < 1.29 is 0 Å². The molecule has 0 aliphatic heterocycles. The number of hydrogen-bond donors (Lipinski definition) is 0. The minimum Gasteiger partial charge on any atom is -0.120 e. The fourth-order valence-electron chi connectivity index (χ4n) is 1.71. The van der Waals surface area contributed by atoms with Gasteiger partial charge >= 0.3 is 0 Å². The van der Waals surface area contributed by atoms with Crippen LogP contribution in [-0.4, -0.2) is 0 Å². The van der Waals surface area contributed by atoms with Crippen molar-refractivity contribution in [1.82, 2.24) is 0 Å². The quantitative estimate of drug-likeness (QED) is 0.502. The van der Waals surface area contributed by atoms with Crippen LogP contribution in [0.4, 0.5) is 0 Å². The molecule has 0 aromatic heterocycles. The Morgan fingerprint density at radius 2 is 1.73 bits per heavy atom. The van der Waals surface area contributed by atoms with E-state index in [-0.39, 0.29) is 5.41 Å². The maximum Gasteiger partial charge on any atom is 0.0317 e. The van der Waals surface area contributed by atoms with Gasteiger partial charge in [-0.15, -0.1) is 6.42 Å². The average Bonchev–Trinajstić information content (AvgIpc) is 2.06. The molecule has 0 bridgehead atoms. The Morgan fingerprint density at radius 1 is 1.18 bits per heavy atom. The summed E-state index contributed by atoms with van der Waals surface area (Å²) < 4.78 is 0. The van der Waals surface area contributed by atoms with Gasteiger partial charge in [0, 0.05) is 5.41 Å². The summed E-state index contributed by atoms with van der Waals surface area (Å²) in [5.74, 6) is 4.46. The average molecular weight is 149 g/mol. The lowest BCUT2D eigenvalue weighted by atomic mass is 9.72. The van der Waals surface area contributed by atoms with Crippen molar-refractivity contribution in [2.24, 2.45) is 5.41 Å². The van der Waals surface area contributed by atoms with Crippen LogP contribution in [-0.2, 0) is 0 Å². The van der Waals surface area contributed by atoms with E-state index in [1.54, 1.807) is 5.92 Å². The first-order valence-corrected chi connectivity index (χ1v) is 4.50. The smallest absolute Gasteiger partial charge is 0.0317 e. The molecule has 1 saturated carbocycles. The highest BCUT2D eigenvalue weighted by Crippen LogP contribution is 2.39. The van der Waals surface area contributed by atoms with Gasteiger partial charge in [-0.25, -0.2) is 0 Å². The zero-order valence-electron chi connectivity index (χ0n) is 7.61. The van der Waals surface area contributed by atoms with Gasteiger partial charge in [0.25, 0.3) is 0 Å². The lowest BCUT2D eigenvalue weighted by Crippen LogP contribution is -2.22. The van der Waals surface area contributed by atoms with Crippen LogP contribution in [0, 0.1) is 23.7 Å². The number of terminal acetylenes is 1. The van der Waals surface area contributed by atoms with E-state index in [0.29, 0.717) is 0 Å². The molecule has 0 heterocycles. The number of rotatable bonds is 1. The Morgan fingerprint density at radius 3 is 2.18 bits per heavy atom. The predicted octanol–water partition coefficient (Wildman–Crippen LogP) is 3.18. The predicted molar refractivity (Wildman–Crippen MR) is 48.9 cm³/mol. The van der Waals surface area contributed by atoms with E-state index < -0.39 is 0 Å². The molecule has 0 aromatic rings. The third kappa shape index (κ3) is 1.99. The van der Waals surface area contributed by atoms with Crippen molar-refractivity contribution in [3.8, 4) is 12.3 Å². The minimum atomic E-state index is 0.0560. The van der Waals surface area contributed by atoms with E-state index in [1.807, 2.05) is 0 Å². The lowest BCUT2D eigenvalue weighted by Gasteiger charge is -2.32. The van der Waals surface area contributed by atoms with Crippen LogP contribution in [0.1, 0.15) is 46.0 Å². The van der Waals surface area contributed by atoms with Crippen molar-refractivity contribution in [1.29, 1.82) is 0 Å². The molecule has 0 atom stereocenters. The van der Waals surface area contributed by atoms with Crippen molar-refractivity contribution in [3.05, 3.63) is 5.92 Å². The fraction of sp³-hybridized carbons (Fsp3) is 0.727. The Labute approximate surface area is 70.4 Å². The van der Waals surface area contributed by atoms with Crippen LogP contribution in [0.2, 0.25) is 0 Å². The van der Waals surface area contributed by atoms with E-state index in [0.717, 1.165) is 0 Å². The molecule has 1 aliphatic rings. The second-order valence-corrected chi connectivity index (χ2v) is 3.93. The summed E-state index contributed by atoms with van der Waals surface area (Å²) in [5, 5.41) is 0. The van der Waals surface area contributed by atoms with Crippen molar-refractivity contribution in [2.45, 2.75) is 46.0 Å². The van der Waals surface area contributed by atoms with Gasteiger partial charge in [-0.2, -0.15) is 0 Å². The van der Waals surface area contributed by atoms with Gasteiger partial charge in [0.05, 0.1) is 0 Å². The Balaban J connectivity index is 2.52. The summed E-state index contributed by atoms with van der Waals surface area (Å²) in [6.45, 7) is 4.32. The minimum absolute atomic E-state index is 0.0560. The summed E-state index contributed by atoms with van der Waals surface area (Å²) in [7, 11) is 0. The van der Waals surface area contributed by atoms with Crippen LogP contribution in [0.3, 0.4) is 0 Å². The molecule has 0 amide bonds. The van der Waals surface area contributed by atoms with Crippen LogP contribution < -0.4 is 0 Å². The molecule has 0 nitrogen and oxygen atoms in total. The van der Waals surface area contributed by atoms with Crippen LogP contribution in [0.15, 0.2) is 0 Å². The van der Waals surface area contributed by atoms with Gasteiger partial charge < -0.3 is 0 Å². The van der Waals surface area contributed by atoms with Crippen LogP contribution in [0.25, 0.3) is 0 Å². The molecule has 0 spiro atoms. The monoisotopic (exact) mass is 149 g/mol. The van der Waals surface area contributed by atoms with Crippen LogP contribution in [0.5, 0.6) is 0 Å².